The third-order valence-electron chi connectivity index (χ3n) is 5.22. The highest BCUT2D eigenvalue weighted by molar-refractivity contribution is 7.17. The molecule has 0 bridgehead atoms. The van der Waals surface area contributed by atoms with Crippen molar-refractivity contribution >= 4 is 33.9 Å². The first-order chi connectivity index (χ1) is 15.0. The van der Waals surface area contributed by atoms with Gasteiger partial charge in [-0.1, -0.05) is 0 Å². The molecule has 10 heteroatoms. The molecule has 3 aromatic rings. The first kappa shape index (κ1) is 20.9. The largest absolute Gasteiger partial charge is 0.493 e. The number of anilines is 1. The summed E-state index contributed by atoms with van der Waals surface area (Å²) in [5.41, 5.74) is 0.581. The van der Waals surface area contributed by atoms with Gasteiger partial charge < -0.3 is 19.5 Å². The van der Waals surface area contributed by atoms with E-state index in [1.165, 1.54) is 55.4 Å². The van der Waals surface area contributed by atoms with Crippen LogP contribution in [0.4, 0.5) is 5.69 Å². The summed E-state index contributed by atoms with van der Waals surface area (Å²) in [7, 11) is 4.10. The third-order valence-corrected chi connectivity index (χ3v) is 6.38. The first-order valence-electron chi connectivity index (χ1n) is 9.66. The minimum atomic E-state index is -0.681. The van der Waals surface area contributed by atoms with Gasteiger partial charge in [-0.25, -0.2) is 9.78 Å². The number of ether oxygens (including phenoxy) is 3. The topological polar surface area (TPSA) is 108 Å². The van der Waals surface area contributed by atoms with Crippen LogP contribution in [0.3, 0.4) is 0 Å². The molecule has 9 nitrogen and oxygen atoms in total. The number of amides is 1. The zero-order valence-corrected chi connectivity index (χ0v) is 18.1. The predicted octanol–water partition coefficient (Wildman–Crippen LogP) is 2.69. The third kappa shape index (κ3) is 3.63. The fraction of sp³-hybridized carbons (Fsp3) is 0.333. The van der Waals surface area contributed by atoms with Gasteiger partial charge in [-0.15, -0.1) is 11.3 Å². The number of benzene rings is 1. The average Bonchev–Trinajstić information content (AvgIpc) is 3.17. The molecule has 0 atom stereocenters. The SMILES string of the molecule is COC(=O)c1cc(OC)c(OC)cc1NC(=O)c1cnc2sc3c(n2c1=O)CCCC3. The highest BCUT2D eigenvalue weighted by atomic mass is 32.1. The Kier molecular flexibility index (Phi) is 5.64. The Bertz CT molecular complexity index is 1250. The first-order valence-corrected chi connectivity index (χ1v) is 10.5. The number of rotatable bonds is 5. The van der Waals surface area contributed by atoms with Crippen LogP contribution in [0.2, 0.25) is 0 Å². The van der Waals surface area contributed by atoms with Gasteiger partial charge in [0, 0.05) is 28.9 Å². The van der Waals surface area contributed by atoms with E-state index < -0.39 is 17.4 Å². The Labute approximate surface area is 181 Å². The van der Waals surface area contributed by atoms with Crippen molar-refractivity contribution in [1.29, 1.82) is 0 Å². The number of esters is 1. The van der Waals surface area contributed by atoms with E-state index >= 15 is 0 Å². The molecular formula is C21H21N3O6S. The van der Waals surface area contributed by atoms with Crippen LogP contribution in [0.25, 0.3) is 4.96 Å². The van der Waals surface area contributed by atoms with Crippen molar-refractivity contribution < 1.29 is 23.8 Å². The molecule has 1 aliphatic rings. The number of fused-ring (bicyclic) bond motifs is 3. The summed E-state index contributed by atoms with van der Waals surface area (Å²) in [6.45, 7) is 0. The van der Waals surface area contributed by atoms with E-state index in [1.54, 1.807) is 0 Å². The Morgan fingerprint density at radius 1 is 1.06 bits per heavy atom. The van der Waals surface area contributed by atoms with Crippen LogP contribution < -0.4 is 20.3 Å². The molecular weight excluding hydrogens is 422 g/mol. The second kappa shape index (κ2) is 8.38. The van der Waals surface area contributed by atoms with E-state index in [4.69, 9.17) is 14.2 Å². The van der Waals surface area contributed by atoms with Crippen LogP contribution in [0.15, 0.2) is 23.1 Å². The molecule has 0 saturated heterocycles. The summed E-state index contributed by atoms with van der Waals surface area (Å²) >= 11 is 1.49. The van der Waals surface area contributed by atoms with Crippen LogP contribution in [-0.2, 0) is 17.6 Å². The van der Waals surface area contributed by atoms with Crippen LogP contribution in [0.5, 0.6) is 11.5 Å². The van der Waals surface area contributed by atoms with Crippen LogP contribution in [-0.4, -0.2) is 42.6 Å². The summed E-state index contributed by atoms with van der Waals surface area (Å²) in [6, 6.07) is 2.85. The van der Waals surface area contributed by atoms with E-state index in [1.807, 2.05) is 0 Å². The number of nitrogens with one attached hydrogen (secondary N) is 1. The maximum atomic E-state index is 13.1. The van der Waals surface area contributed by atoms with E-state index in [9.17, 15) is 14.4 Å². The summed E-state index contributed by atoms with van der Waals surface area (Å²) in [5, 5.41) is 2.62. The van der Waals surface area contributed by atoms with Gasteiger partial charge in [-0.3, -0.25) is 14.0 Å². The minimum absolute atomic E-state index is 0.0653. The Morgan fingerprint density at radius 2 is 1.77 bits per heavy atom. The molecule has 4 rings (SSSR count). The maximum Gasteiger partial charge on any atom is 0.340 e. The standard InChI is InChI=1S/C21H21N3O6S/c1-28-15-8-11(20(27)30-3)13(9-16(15)29-2)23-18(25)12-10-22-21-24(19(12)26)14-6-4-5-7-17(14)31-21/h8-10H,4-7H2,1-3H3,(H,23,25). The number of carbonyl (C=O) groups is 2. The van der Waals surface area contributed by atoms with Gasteiger partial charge in [0.05, 0.1) is 32.6 Å². The van der Waals surface area contributed by atoms with Crippen molar-refractivity contribution in [1.82, 2.24) is 9.38 Å². The highest BCUT2D eigenvalue weighted by Gasteiger charge is 2.24. The van der Waals surface area contributed by atoms with Gasteiger partial charge in [0.2, 0.25) is 0 Å². The van der Waals surface area contributed by atoms with E-state index in [2.05, 4.69) is 10.3 Å². The normalized spacial score (nSPS) is 12.9. The Balaban J connectivity index is 1.76. The van der Waals surface area contributed by atoms with Crippen molar-refractivity contribution in [2.24, 2.45) is 0 Å². The molecule has 2 aromatic heterocycles. The van der Waals surface area contributed by atoms with Crippen molar-refractivity contribution in [3.8, 4) is 11.5 Å². The Hall–Kier alpha value is -3.40. The molecule has 0 saturated carbocycles. The summed E-state index contributed by atoms with van der Waals surface area (Å²) in [4.78, 5) is 44.4. The smallest absolute Gasteiger partial charge is 0.340 e. The fourth-order valence-corrected chi connectivity index (χ4v) is 4.84. The van der Waals surface area contributed by atoms with Crippen molar-refractivity contribution in [2.75, 3.05) is 26.6 Å². The molecule has 1 aromatic carbocycles. The van der Waals surface area contributed by atoms with Gasteiger partial charge in [-0.05, 0) is 25.7 Å². The number of aromatic nitrogens is 2. The van der Waals surface area contributed by atoms with E-state index in [0.29, 0.717) is 16.5 Å². The summed E-state index contributed by atoms with van der Waals surface area (Å²) in [5.74, 6) is -0.745. The molecule has 1 aliphatic carbocycles. The highest BCUT2D eigenvalue weighted by Crippen LogP contribution is 2.34. The second-order valence-electron chi connectivity index (χ2n) is 6.97. The number of hydrogen-bond donors (Lipinski definition) is 1. The Morgan fingerprint density at radius 3 is 2.48 bits per heavy atom. The second-order valence-corrected chi connectivity index (χ2v) is 8.03. The van der Waals surface area contributed by atoms with Crippen molar-refractivity contribution in [3.05, 3.63) is 50.4 Å². The van der Waals surface area contributed by atoms with Crippen molar-refractivity contribution in [2.45, 2.75) is 25.7 Å². The van der Waals surface area contributed by atoms with Gasteiger partial charge in [0.25, 0.3) is 11.5 Å². The van der Waals surface area contributed by atoms with Gasteiger partial charge in [0.1, 0.15) is 5.56 Å². The lowest BCUT2D eigenvalue weighted by atomic mass is 10.0. The molecule has 1 amide bonds. The molecule has 0 radical (unpaired) electrons. The number of hydrogen-bond acceptors (Lipinski definition) is 8. The molecule has 0 unspecified atom stereocenters. The lowest BCUT2D eigenvalue weighted by Gasteiger charge is -2.14. The van der Waals surface area contributed by atoms with Gasteiger partial charge >= 0.3 is 5.97 Å². The van der Waals surface area contributed by atoms with Crippen LogP contribution >= 0.6 is 11.3 Å². The number of methoxy groups -OCH3 is 3. The maximum absolute atomic E-state index is 13.1. The lowest BCUT2D eigenvalue weighted by molar-refractivity contribution is 0.0601. The number of nitrogens with zero attached hydrogens (tertiary/aromatic N) is 2. The van der Waals surface area contributed by atoms with Gasteiger partial charge in [0.15, 0.2) is 16.5 Å². The predicted molar refractivity (Wildman–Crippen MR) is 115 cm³/mol. The molecule has 162 valence electrons. The molecule has 2 heterocycles. The van der Waals surface area contributed by atoms with Crippen LogP contribution in [0.1, 0.15) is 44.1 Å². The van der Waals surface area contributed by atoms with Gasteiger partial charge in [-0.2, -0.15) is 0 Å². The number of thiazole rings is 1. The molecule has 0 spiro atoms. The zero-order chi connectivity index (χ0) is 22.1. The lowest BCUT2D eigenvalue weighted by Crippen LogP contribution is -2.28. The summed E-state index contributed by atoms with van der Waals surface area (Å²) < 4.78 is 16.8. The molecule has 0 aliphatic heterocycles. The fourth-order valence-electron chi connectivity index (χ4n) is 3.68. The molecule has 0 fully saturated rings. The molecule has 1 N–H and O–H groups in total. The number of carbonyl (C=O) groups excluding carboxylic acids is 2. The zero-order valence-electron chi connectivity index (χ0n) is 17.3. The van der Waals surface area contributed by atoms with Crippen LogP contribution in [0, 0.1) is 0 Å². The quantitative estimate of drug-likeness (QED) is 0.604. The monoisotopic (exact) mass is 443 g/mol. The summed E-state index contributed by atoms with van der Waals surface area (Å²) in [6.07, 6.45) is 5.05. The van der Waals surface area contributed by atoms with E-state index in [-0.39, 0.29) is 16.8 Å². The number of aryl methyl sites for hydroxylation is 2. The van der Waals surface area contributed by atoms with Crippen molar-refractivity contribution in [3.63, 3.8) is 0 Å². The molecule has 31 heavy (non-hydrogen) atoms. The average molecular weight is 443 g/mol. The minimum Gasteiger partial charge on any atom is -0.493 e. The van der Waals surface area contributed by atoms with E-state index in [0.717, 1.165) is 36.3 Å².